The van der Waals surface area contributed by atoms with E-state index in [1.807, 2.05) is 24.4 Å². The summed E-state index contributed by atoms with van der Waals surface area (Å²) in [7, 11) is 6.61. The molecule has 0 aliphatic heterocycles. The Kier molecular flexibility index (Phi) is 6.88. The molecule has 1 aromatic heterocycles. The van der Waals surface area contributed by atoms with Gasteiger partial charge in [0.1, 0.15) is 0 Å². The second-order valence-corrected chi connectivity index (χ2v) is 8.04. The monoisotopic (exact) mass is 437 g/mol. The van der Waals surface area contributed by atoms with Crippen LogP contribution in [0.5, 0.6) is 28.9 Å². The van der Waals surface area contributed by atoms with Gasteiger partial charge in [-0.15, -0.1) is 0 Å². The van der Waals surface area contributed by atoms with Gasteiger partial charge in [0.15, 0.2) is 11.5 Å². The van der Waals surface area contributed by atoms with Gasteiger partial charge in [0, 0.05) is 28.8 Å². The van der Waals surface area contributed by atoms with E-state index in [1.165, 1.54) is 0 Å². The van der Waals surface area contributed by atoms with Crippen LogP contribution in [0, 0.1) is 5.92 Å². The summed E-state index contributed by atoms with van der Waals surface area (Å²) < 4.78 is 28.7. The highest BCUT2D eigenvalue weighted by atomic mass is 16.5. The molecule has 1 aliphatic carbocycles. The van der Waals surface area contributed by atoms with Crippen LogP contribution < -0.4 is 23.7 Å². The molecular weight excluding hydrogens is 406 g/mol. The summed E-state index contributed by atoms with van der Waals surface area (Å²) in [6.45, 7) is 0.646. The van der Waals surface area contributed by atoms with E-state index in [9.17, 15) is 0 Å². The van der Waals surface area contributed by atoms with Crippen LogP contribution in [0.4, 0.5) is 0 Å². The lowest BCUT2D eigenvalue weighted by Gasteiger charge is -2.21. The maximum Gasteiger partial charge on any atom is 0.213 e. The van der Waals surface area contributed by atoms with Crippen molar-refractivity contribution in [1.82, 2.24) is 4.98 Å². The van der Waals surface area contributed by atoms with E-state index in [0.29, 0.717) is 29.9 Å². The van der Waals surface area contributed by atoms with Crippen LogP contribution in [0.25, 0.3) is 10.8 Å². The Balaban J connectivity index is 1.46. The molecular formula is C26H31NO5. The van der Waals surface area contributed by atoms with Gasteiger partial charge >= 0.3 is 0 Å². The van der Waals surface area contributed by atoms with Crippen molar-refractivity contribution in [2.24, 2.45) is 5.92 Å². The number of nitrogens with zero attached hydrogens (tertiary/aromatic N) is 1. The van der Waals surface area contributed by atoms with Gasteiger partial charge in [-0.1, -0.05) is 24.3 Å². The van der Waals surface area contributed by atoms with Crippen LogP contribution in [-0.4, -0.2) is 40.0 Å². The van der Waals surface area contributed by atoms with Gasteiger partial charge in [-0.25, -0.2) is 4.98 Å². The summed E-state index contributed by atoms with van der Waals surface area (Å²) in [4.78, 5) is 4.44. The molecule has 170 valence electrons. The Labute approximate surface area is 189 Å². The molecule has 0 unspecified atom stereocenters. The van der Waals surface area contributed by atoms with Gasteiger partial charge in [-0.2, -0.15) is 0 Å². The highest BCUT2D eigenvalue weighted by Gasteiger charge is 2.29. The minimum Gasteiger partial charge on any atom is -0.492 e. The van der Waals surface area contributed by atoms with E-state index < -0.39 is 0 Å². The summed E-state index contributed by atoms with van der Waals surface area (Å²) in [6, 6.07) is 10.2. The van der Waals surface area contributed by atoms with Crippen LogP contribution >= 0.6 is 0 Å². The number of rotatable bonds is 8. The molecule has 32 heavy (non-hydrogen) atoms. The fourth-order valence-corrected chi connectivity index (χ4v) is 4.69. The summed E-state index contributed by atoms with van der Waals surface area (Å²) >= 11 is 0. The predicted octanol–water partition coefficient (Wildman–Crippen LogP) is 5.23. The molecule has 6 heteroatoms. The lowest BCUT2D eigenvalue weighted by atomic mass is 9.96. The van der Waals surface area contributed by atoms with Crippen molar-refractivity contribution in [2.75, 3.05) is 35.0 Å². The van der Waals surface area contributed by atoms with E-state index in [-0.39, 0.29) is 0 Å². The highest BCUT2D eigenvalue weighted by molar-refractivity contribution is 5.82. The smallest absolute Gasteiger partial charge is 0.213 e. The zero-order valence-corrected chi connectivity index (χ0v) is 19.3. The predicted molar refractivity (Wildman–Crippen MR) is 125 cm³/mol. The van der Waals surface area contributed by atoms with Gasteiger partial charge < -0.3 is 23.7 Å². The first-order valence-corrected chi connectivity index (χ1v) is 11.0. The lowest BCUT2D eigenvalue weighted by Crippen LogP contribution is -2.08. The van der Waals surface area contributed by atoms with Crippen molar-refractivity contribution in [1.29, 1.82) is 0 Å². The zero-order valence-electron chi connectivity index (χ0n) is 19.3. The van der Waals surface area contributed by atoms with Crippen molar-refractivity contribution < 1.29 is 23.7 Å². The second-order valence-electron chi connectivity index (χ2n) is 8.04. The largest absolute Gasteiger partial charge is 0.492 e. The molecule has 1 heterocycles. The van der Waals surface area contributed by atoms with Crippen LogP contribution in [0.3, 0.4) is 0 Å². The first-order valence-electron chi connectivity index (χ1n) is 11.0. The summed E-state index contributed by atoms with van der Waals surface area (Å²) in [6.07, 6.45) is 6.74. The topological polar surface area (TPSA) is 59.0 Å². The van der Waals surface area contributed by atoms with Crippen molar-refractivity contribution in [2.45, 2.75) is 32.1 Å². The van der Waals surface area contributed by atoms with Crippen LogP contribution in [0.15, 0.2) is 36.5 Å². The third kappa shape index (κ3) is 4.27. The number of pyridine rings is 1. The van der Waals surface area contributed by atoms with Gasteiger partial charge in [-0.05, 0) is 43.4 Å². The molecule has 0 radical (unpaired) electrons. The van der Waals surface area contributed by atoms with E-state index in [4.69, 9.17) is 23.7 Å². The number of methoxy groups -OCH3 is 4. The summed E-state index contributed by atoms with van der Waals surface area (Å²) in [5.74, 6) is 3.90. The molecule has 0 saturated heterocycles. The van der Waals surface area contributed by atoms with Crippen molar-refractivity contribution in [3.63, 3.8) is 0 Å². The molecule has 0 amide bonds. The normalized spacial score (nSPS) is 13.9. The maximum atomic E-state index is 6.00. The second kappa shape index (κ2) is 9.98. The van der Waals surface area contributed by atoms with Gasteiger partial charge in [0.25, 0.3) is 0 Å². The molecule has 0 atom stereocenters. The molecule has 0 fully saturated rings. The lowest BCUT2D eigenvalue weighted by molar-refractivity contribution is 0.259. The number of hydrogen-bond acceptors (Lipinski definition) is 6. The minimum absolute atomic E-state index is 0.536. The van der Waals surface area contributed by atoms with Crippen molar-refractivity contribution in [3.8, 4) is 28.9 Å². The minimum atomic E-state index is 0.536. The maximum absolute atomic E-state index is 6.00. The number of ether oxygens (including phenoxy) is 5. The Hall–Kier alpha value is -3.15. The average Bonchev–Trinajstić information content (AvgIpc) is 3.05. The number of hydrogen-bond donors (Lipinski definition) is 0. The van der Waals surface area contributed by atoms with E-state index in [0.717, 1.165) is 65.5 Å². The first kappa shape index (κ1) is 22.1. The first-order chi connectivity index (χ1) is 15.7. The number of benzene rings is 2. The summed E-state index contributed by atoms with van der Waals surface area (Å²) in [5, 5.41) is 2.26. The van der Waals surface area contributed by atoms with E-state index in [2.05, 4.69) is 17.1 Å². The Morgan fingerprint density at radius 2 is 1.34 bits per heavy atom. The third-order valence-electron chi connectivity index (χ3n) is 6.33. The molecule has 6 nitrogen and oxygen atoms in total. The van der Waals surface area contributed by atoms with Crippen LogP contribution in [-0.2, 0) is 12.8 Å². The van der Waals surface area contributed by atoms with Crippen LogP contribution in [0.2, 0.25) is 0 Å². The fraction of sp³-hybridized carbons (Fsp3) is 0.423. The van der Waals surface area contributed by atoms with E-state index >= 15 is 0 Å². The van der Waals surface area contributed by atoms with Gasteiger partial charge in [0.2, 0.25) is 17.4 Å². The van der Waals surface area contributed by atoms with Gasteiger partial charge in [-0.3, -0.25) is 0 Å². The molecule has 0 saturated carbocycles. The number of aromatic nitrogens is 1. The molecule has 2 aromatic carbocycles. The summed E-state index contributed by atoms with van der Waals surface area (Å²) in [5.41, 5.74) is 2.31. The number of fused-ring (bicyclic) bond motifs is 2. The highest BCUT2D eigenvalue weighted by Crippen LogP contribution is 2.51. The Morgan fingerprint density at radius 3 is 1.91 bits per heavy atom. The van der Waals surface area contributed by atoms with Crippen molar-refractivity contribution >= 4 is 10.8 Å². The van der Waals surface area contributed by atoms with E-state index in [1.54, 1.807) is 28.4 Å². The molecule has 1 aliphatic rings. The van der Waals surface area contributed by atoms with Crippen LogP contribution in [0.1, 0.15) is 30.4 Å². The SMILES string of the molecule is COc1c2c(c(OC)c(OC)c1OC)CCC(CCOc1cc3ccccc3cn1)CC2. The fourth-order valence-electron chi connectivity index (χ4n) is 4.69. The molecule has 0 bridgehead atoms. The molecule has 3 aromatic rings. The average molecular weight is 438 g/mol. The standard InChI is InChI=1S/C26H31NO5/c1-28-23-20-11-9-17(10-12-21(20)24(29-2)26(31-4)25(23)30-3)13-14-32-22-15-18-7-5-6-8-19(18)16-27-22/h5-8,15-17H,9-14H2,1-4H3. The molecule has 0 N–H and O–H groups in total. The Bertz CT molecular complexity index is 1040. The van der Waals surface area contributed by atoms with Crippen molar-refractivity contribution in [3.05, 3.63) is 47.7 Å². The Morgan fingerprint density at radius 1 is 0.781 bits per heavy atom. The molecule has 0 spiro atoms. The zero-order chi connectivity index (χ0) is 22.5. The third-order valence-corrected chi connectivity index (χ3v) is 6.33. The molecule has 4 rings (SSSR count). The quantitative estimate of drug-likeness (QED) is 0.450. The van der Waals surface area contributed by atoms with Gasteiger partial charge in [0.05, 0.1) is 35.0 Å².